The van der Waals surface area contributed by atoms with Gasteiger partial charge in [-0.2, -0.15) is 0 Å². The van der Waals surface area contributed by atoms with Crippen molar-refractivity contribution in [1.29, 1.82) is 0 Å². The predicted molar refractivity (Wildman–Crippen MR) is 72.4 cm³/mol. The number of carbonyl (C=O) groups is 2. The van der Waals surface area contributed by atoms with Gasteiger partial charge in [0.05, 0.1) is 6.54 Å². The van der Waals surface area contributed by atoms with Gasteiger partial charge in [0.2, 0.25) is 5.91 Å². The number of thiophene rings is 1. The average molecular weight is 267 g/mol. The molecule has 0 radical (unpaired) electrons. The zero-order chi connectivity index (χ0) is 13.5. The number of aliphatic carboxylic acids is 1. The molecule has 0 aliphatic carbocycles. The average Bonchev–Trinajstić information content (AvgIpc) is 2.74. The molecule has 1 heterocycles. The Bertz CT molecular complexity index is 451. The molecule has 1 amide bonds. The van der Waals surface area contributed by atoms with Crippen LogP contribution in [0.2, 0.25) is 0 Å². The quantitative estimate of drug-likeness (QED) is 0.806. The molecule has 0 aromatic carbocycles. The molecule has 0 spiro atoms. The van der Waals surface area contributed by atoms with Crippen molar-refractivity contribution in [2.75, 3.05) is 7.05 Å². The van der Waals surface area contributed by atoms with E-state index in [0.717, 1.165) is 22.9 Å². The Kier molecular flexibility index (Phi) is 5.58. The van der Waals surface area contributed by atoms with E-state index >= 15 is 0 Å². The van der Waals surface area contributed by atoms with Crippen LogP contribution >= 0.6 is 11.3 Å². The Morgan fingerprint density at radius 1 is 1.50 bits per heavy atom. The number of hydrogen-bond acceptors (Lipinski definition) is 3. The van der Waals surface area contributed by atoms with E-state index < -0.39 is 5.97 Å². The van der Waals surface area contributed by atoms with Gasteiger partial charge in [-0.05, 0) is 29.5 Å². The van der Waals surface area contributed by atoms with E-state index in [2.05, 4.69) is 0 Å². The Morgan fingerprint density at radius 2 is 2.22 bits per heavy atom. The van der Waals surface area contributed by atoms with E-state index in [9.17, 15) is 9.59 Å². The molecule has 0 saturated carbocycles. The van der Waals surface area contributed by atoms with E-state index in [1.165, 1.54) is 11.3 Å². The zero-order valence-electron chi connectivity index (χ0n) is 10.5. The number of hydrogen-bond donors (Lipinski definition) is 1. The van der Waals surface area contributed by atoms with Crippen molar-refractivity contribution in [3.8, 4) is 0 Å². The first-order valence-electron chi connectivity index (χ1n) is 5.75. The third kappa shape index (κ3) is 4.71. The molecule has 0 aliphatic heterocycles. The lowest BCUT2D eigenvalue weighted by molar-refractivity contribution is -0.131. The first-order valence-corrected chi connectivity index (χ1v) is 6.63. The molecule has 0 saturated heterocycles. The van der Waals surface area contributed by atoms with Crippen LogP contribution in [0.15, 0.2) is 17.5 Å². The highest BCUT2D eigenvalue weighted by atomic mass is 32.1. The van der Waals surface area contributed by atoms with Gasteiger partial charge in [-0.1, -0.05) is 6.92 Å². The van der Waals surface area contributed by atoms with Gasteiger partial charge in [0.15, 0.2) is 0 Å². The fourth-order valence-corrected chi connectivity index (χ4v) is 2.37. The second-order valence-corrected chi connectivity index (χ2v) is 5.01. The Hall–Kier alpha value is -1.62. The summed E-state index contributed by atoms with van der Waals surface area (Å²) in [6, 6.07) is 1.90. The van der Waals surface area contributed by atoms with Crippen molar-refractivity contribution < 1.29 is 14.7 Å². The van der Waals surface area contributed by atoms with Gasteiger partial charge in [0.1, 0.15) is 0 Å². The van der Waals surface area contributed by atoms with E-state index in [4.69, 9.17) is 5.11 Å². The van der Waals surface area contributed by atoms with Gasteiger partial charge in [0, 0.05) is 24.4 Å². The van der Waals surface area contributed by atoms with Crippen LogP contribution in [0.3, 0.4) is 0 Å². The Labute approximate surface area is 111 Å². The summed E-state index contributed by atoms with van der Waals surface area (Å²) in [5, 5.41) is 10.4. The largest absolute Gasteiger partial charge is 0.478 e. The lowest BCUT2D eigenvalue weighted by atomic mass is 10.2. The maximum Gasteiger partial charge on any atom is 0.328 e. The topological polar surface area (TPSA) is 57.6 Å². The molecule has 1 N–H and O–H groups in total. The first-order chi connectivity index (χ1) is 8.52. The van der Waals surface area contributed by atoms with Crippen molar-refractivity contribution in [2.45, 2.75) is 26.3 Å². The zero-order valence-corrected chi connectivity index (χ0v) is 11.4. The van der Waals surface area contributed by atoms with Crippen molar-refractivity contribution in [2.24, 2.45) is 0 Å². The van der Waals surface area contributed by atoms with Crippen molar-refractivity contribution >= 4 is 29.3 Å². The standard InChI is InChI=1S/C13H17NO3S/c1-3-4-12(15)14(2)8-11-7-10(9-18-11)5-6-13(16)17/h5-7,9H,3-4,8H2,1-2H3,(H,16,17). The van der Waals surface area contributed by atoms with Gasteiger partial charge in [-0.3, -0.25) is 4.79 Å². The second-order valence-electron chi connectivity index (χ2n) is 4.02. The number of nitrogens with zero attached hydrogens (tertiary/aromatic N) is 1. The highest BCUT2D eigenvalue weighted by molar-refractivity contribution is 7.10. The number of carboxylic acids is 1. The highest BCUT2D eigenvalue weighted by Gasteiger charge is 2.09. The third-order valence-corrected chi connectivity index (χ3v) is 3.31. The van der Waals surface area contributed by atoms with E-state index in [0.29, 0.717) is 13.0 Å². The fourth-order valence-electron chi connectivity index (χ4n) is 1.46. The molecule has 1 rings (SSSR count). The molecule has 0 atom stereocenters. The molecule has 0 bridgehead atoms. The number of rotatable bonds is 6. The lowest BCUT2D eigenvalue weighted by Crippen LogP contribution is -2.25. The van der Waals surface area contributed by atoms with Gasteiger partial charge in [-0.15, -0.1) is 11.3 Å². The summed E-state index contributed by atoms with van der Waals surface area (Å²) in [6.45, 7) is 2.55. The molecule has 1 aromatic rings. The van der Waals surface area contributed by atoms with E-state index in [1.54, 1.807) is 18.0 Å². The summed E-state index contributed by atoms with van der Waals surface area (Å²) in [6.07, 6.45) is 4.07. The number of carboxylic acid groups (broad SMARTS) is 1. The van der Waals surface area contributed by atoms with Crippen LogP contribution in [0.1, 0.15) is 30.2 Å². The minimum Gasteiger partial charge on any atom is -0.478 e. The van der Waals surface area contributed by atoms with Crippen LogP contribution in [-0.2, 0) is 16.1 Å². The van der Waals surface area contributed by atoms with Gasteiger partial charge in [0.25, 0.3) is 0 Å². The number of carbonyl (C=O) groups excluding carboxylic acids is 1. The summed E-state index contributed by atoms with van der Waals surface area (Å²) in [5.74, 6) is -0.827. The molecule has 18 heavy (non-hydrogen) atoms. The van der Waals surface area contributed by atoms with Gasteiger partial charge < -0.3 is 10.0 Å². The molecule has 98 valence electrons. The monoisotopic (exact) mass is 267 g/mol. The summed E-state index contributed by atoms with van der Waals surface area (Å²) < 4.78 is 0. The van der Waals surface area contributed by atoms with Crippen LogP contribution in [-0.4, -0.2) is 28.9 Å². The molecule has 0 fully saturated rings. The first kappa shape index (κ1) is 14.4. The molecule has 0 aliphatic rings. The summed E-state index contributed by atoms with van der Waals surface area (Å²) in [7, 11) is 1.78. The van der Waals surface area contributed by atoms with Crippen LogP contribution in [0.25, 0.3) is 6.08 Å². The molecule has 0 unspecified atom stereocenters. The van der Waals surface area contributed by atoms with Crippen LogP contribution in [0.4, 0.5) is 0 Å². The van der Waals surface area contributed by atoms with Crippen molar-refractivity contribution in [3.05, 3.63) is 28.0 Å². The maximum absolute atomic E-state index is 11.6. The summed E-state index contributed by atoms with van der Waals surface area (Å²) >= 11 is 1.53. The van der Waals surface area contributed by atoms with Crippen LogP contribution in [0, 0.1) is 0 Å². The SMILES string of the molecule is CCCC(=O)N(C)Cc1cc(C=CC(=O)O)cs1. The minimum atomic E-state index is -0.960. The van der Waals surface area contributed by atoms with Crippen LogP contribution in [0.5, 0.6) is 0 Å². The van der Waals surface area contributed by atoms with E-state index in [-0.39, 0.29) is 5.91 Å². The molecular formula is C13H17NO3S. The maximum atomic E-state index is 11.6. The Morgan fingerprint density at radius 3 is 2.83 bits per heavy atom. The normalized spacial score (nSPS) is 10.8. The summed E-state index contributed by atoms with van der Waals surface area (Å²) in [4.78, 5) is 24.7. The van der Waals surface area contributed by atoms with Gasteiger partial charge >= 0.3 is 5.97 Å². The number of amides is 1. The second kappa shape index (κ2) is 6.96. The lowest BCUT2D eigenvalue weighted by Gasteiger charge is -2.15. The fraction of sp³-hybridized carbons (Fsp3) is 0.385. The highest BCUT2D eigenvalue weighted by Crippen LogP contribution is 2.18. The molecular weight excluding hydrogens is 250 g/mol. The summed E-state index contributed by atoms with van der Waals surface area (Å²) in [5.41, 5.74) is 0.855. The molecule has 5 heteroatoms. The minimum absolute atomic E-state index is 0.133. The van der Waals surface area contributed by atoms with Crippen molar-refractivity contribution in [1.82, 2.24) is 4.90 Å². The van der Waals surface area contributed by atoms with Crippen molar-refractivity contribution in [3.63, 3.8) is 0 Å². The Balaban J connectivity index is 2.58. The van der Waals surface area contributed by atoms with Gasteiger partial charge in [-0.25, -0.2) is 4.79 Å². The smallest absolute Gasteiger partial charge is 0.328 e. The molecule has 1 aromatic heterocycles. The molecule has 4 nitrogen and oxygen atoms in total. The van der Waals surface area contributed by atoms with Crippen LogP contribution < -0.4 is 0 Å². The van der Waals surface area contributed by atoms with E-state index in [1.807, 2.05) is 18.4 Å². The predicted octanol–water partition coefficient (Wildman–Crippen LogP) is 2.60. The third-order valence-electron chi connectivity index (χ3n) is 2.38.